The highest BCUT2D eigenvalue weighted by atomic mass is 14.8. The molecule has 1 aliphatic rings. The minimum atomic E-state index is 0.883. The SMILES string of the molecule is Cc1ccnc2c1-c1c(nc(C)c(C)c1C)C2. The van der Waals surface area contributed by atoms with Gasteiger partial charge in [0.05, 0.1) is 11.4 Å². The lowest BCUT2D eigenvalue weighted by Gasteiger charge is -2.12. The van der Waals surface area contributed by atoms with E-state index in [1.807, 2.05) is 6.20 Å². The zero-order chi connectivity index (χ0) is 12.2. The number of aromatic nitrogens is 2. The van der Waals surface area contributed by atoms with Gasteiger partial charge in [-0.05, 0) is 50.5 Å². The Hall–Kier alpha value is -1.70. The van der Waals surface area contributed by atoms with Gasteiger partial charge in [0, 0.05) is 29.4 Å². The van der Waals surface area contributed by atoms with Crippen molar-refractivity contribution in [1.29, 1.82) is 0 Å². The minimum Gasteiger partial charge on any atom is -0.260 e. The van der Waals surface area contributed by atoms with Crippen LogP contribution in [0.5, 0.6) is 0 Å². The molecule has 0 radical (unpaired) electrons. The predicted octanol–water partition coefficient (Wildman–Crippen LogP) is 3.28. The van der Waals surface area contributed by atoms with Gasteiger partial charge in [0.2, 0.25) is 0 Å². The van der Waals surface area contributed by atoms with Crippen LogP contribution in [0.4, 0.5) is 0 Å². The van der Waals surface area contributed by atoms with Crippen molar-refractivity contribution in [3.05, 3.63) is 46.0 Å². The van der Waals surface area contributed by atoms with Gasteiger partial charge >= 0.3 is 0 Å². The van der Waals surface area contributed by atoms with Crippen molar-refractivity contribution >= 4 is 0 Å². The standard InChI is InChI=1S/C15H16N2/c1-8-5-6-16-12-7-13-15(14(8)12)10(3)9(2)11(4)17-13/h5-6H,7H2,1-4H3. The Labute approximate surface area is 102 Å². The maximum absolute atomic E-state index is 4.73. The van der Waals surface area contributed by atoms with Crippen LogP contribution in [0.15, 0.2) is 12.3 Å². The average Bonchev–Trinajstić information content (AvgIpc) is 2.65. The van der Waals surface area contributed by atoms with Crippen LogP contribution in [0.3, 0.4) is 0 Å². The average molecular weight is 224 g/mol. The maximum Gasteiger partial charge on any atom is 0.0548 e. The fraction of sp³-hybridized carbons (Fsp3) is 0.333. The Kier molecular flexibility index (Phi) is 2.09. The molecule has 2 aromatic rings. The summed E-state index contributed by atoms with van der Waals surface area (Å²) in [5.41, 5.74) is 10.1. The first-order chi connectivity index (χ1) is 8.09. The number of nitrogens with zero attached hydrogens (tertiary/aromatic N) is 2. The summed E-state index contributed by atoms with van der Waals surface area (Å²) in [6.07, 6.45) is 2.78. The van der Waals surface area contributed by atoms with E-state index in [1.54, 1.807) is 0 Å². The molecule has 0 atom stereocenters. The molecule has 17 heavy (non-hydrogen) atoms. The van der Waals surface area contributed by atoms with Crippen molar-refractivity contribution in [2.45, 2.75) is 34.1 Å². The molecule has 0 aliphatic heterocycles. The second kappa shape index (κ2) is 3.39. The fourth-order valence-corrected chi connectivity index (χ4v) is 2.73. The smallest absolute Gasteiger partial charge is 0.0548 e. The van der Waals surface area contributed by atoms with Crippen LogP contribution in [0.2, 0.25) is 0 Å². The maximum atomic E-state index is 4.73. The normalized spacial score (nSPS) is 12.5. The highest BCUT2D eigenvalue weighted by Gasteiger charge is 2.25. The third-order valence-electron chi connectivity index (χ3n) is 3.89. The molecule has 1 aliphatic carbocycles. The summed E-state index contributed by atoms with van der Waals surface area (Å²) in [5.74, 6) is 0. The van der Waals surface area contributed by atoms with Gasteiger partial charge in [0.15, 0.2) is 0 Å². The van der Waals surface area contributed by atoms with Crippen LogP contribution in [0.1, 0.15) is 33.8 Å². The van der Waals surface area contributed by atoms with E-state index >= 15 is 0 Å². The number of hydrogen-bond donors (Lipinski definition) is 0. The summed E-state index contributed by atoms with van der Waals surface area (Å²) in [5, 5.41) is 0. The highest BCUT2D eigenvalue weighted by Crippen LogP contribution is 2.40. The summed E-state index contributed by atoms with van der Waals surface area (Å²) in [6.45, 7) is 8.60. The molecule has 2 nitrogen and oxygen atoms in total. The summed E-state index contributed by atoms with van der Waals surface area (Å²) in [4.78, 5) is 9.23. The largest absolute Gasteiger partial charge is 0.260 e. The first kappa shape index (κ1) is 10.5. The van der Waals surface area contributed by atoms with E-state index in [1.165, 1.54) is 39.2 Å². The Morgan fingerprint density at radius 3 is 2.47 bits per heavy atom. The van der Waals surface area contributed by atoms with Crippen molar-refractivity contribution in [2.24, 2.45) is 0 Å². The number of rotatable bonds is 0. The molecule has 0 aromatic carbocycles. The Morgan fingerprint density at radius 1 is 0.941 bits per heavy atom. The molecule has 2 aromatic heterocycles. The third-order valence-corrected chi connectivity index (χ3v) is 3.89. The molecule has 2 heteroatoms. The topological polar surface area (TPSA) is 25.8 Å². The van der Waals surface area contributed by atoms with E-state index in [0.717, 1.165) is 12.1 Å². The van der Waals surface area contributed by atoms with E-state index in [4.69, 9.17) is 4.98 Å². The van der Waals surface area contributed by atoms with Crippen LogP contribution in [-0.2, 0) is 6.42 Å². The summed E-state index contributed by atoms with van der Waals surface area (Å²) in [7, 11) is 0. The van der Waals surface area contributed by atoms with Gasteiger partial charge in [-0.2, -0.15) is 0 Å². The summed E-state index contributed by atoms with van der Waals surface area (Å²) < 4.78 is 0. The van der Waals surface area contributed by atoms with Crippen LogP contribution >= 0.6 is 0 Å². The van der Waals surface area contributed by atoms with Crippen LogP contribution in [0, 0.1) is 27.7 Å². The van der Waals surface area contributed by atoms with Crippen molar-refractivity contribution in [3.63, 3.8) is 0 Å². The minimum absolute atomic E-state index is 0.883. The summed E-state index contributed by atoms with van der Waals surface area (Å²) >= 11 is 0. The number of pyridine rings is 2. The fourth-order valence-electron chi connectivity index (χ4n) is 2.73. The Bertz CT molecular complexity index is 627. The lowest BCUT2D eigenvalue weighted by molar-refractivity contribution is 1.01. The second-order valence-electron chi connectivity index (χ2n) is 4.90. The van der Waals surface area contributed by atoms with Gasteiger partial charge in [0.25, 0.3) is 0 Å². The number of aryl methyl sites for hydroxylation is 2. The van der Waals surface area contributed by atoms with Gasteiger partial charge in [-0.15, -0.1) is 0 Å². The van der Waals surface area contributed by atoms with Gasteiger partial charge < -0.3 is 0 Å². The van der Waals surface area contributed by atoms with Crippen LogP contribution < -0.4 is 0 Å². The van der Waals surface area contributed by atoms with Crippen molar-refractivity contribution in [3.8, 4) is 11.1 Å². The van der Waals surface area contributed by atoms with Crippen molar-refractivity contribution in [1.82, 2.24) is 9.97 Å². The monoisotopic (exact) mass is 224 g/mol. The Balaban J connectivity index is 2.39. The van der Waals surface area contributed by atoms with Crippen LogP contribution in [0.25, 0.3) is 11.1 Å². The van der Waals surface area contributed by atoms with Gasteiger partial charge in [-0.25, -0.2) is 0 Å². The Morgan fingerprint density at radius 2 is 1.71 bits per heavy atom. The molecule has 0 N–H and O–H groups in total. The molecule has 0 spiro atoms. The van der Waals surface area contributed by atoms with Crippen molar-refractivity contribution in [2.75, 3.05) is 0 Å². The van der Waals surface area contributed by atoms with E-state index < -0.39 is 0 Å². The quantitative estimate of drug-likeness (QED) is 0.585. The molecule has 0 saturated heterocycles. The predicted molar refractivity (Wildman–Crippen MR) is 69.2 cm³/mol. The molecule has 2 heterocycles. The molecular weight excluding hydrogens is 208 g/mol. The van der Waals surface area contributed by atoms with E-state index in [-0.39, 0.29) is 0 Å². The molecule has 0 fully saturated rings. The molecule has 0 saturated carbocycles. The molecular formula is C15H16N2. The zero-order valence-corrected chi connectivity index (χ0v) is 10.8. The lowest BCUT2D eigenvalue weighted by atomic mass is 9.97. The van der Waals surface area contributed by atoms with E-state index in [9.17, 15) is 0 Å². The van der Waals surface area contributed by atoms with Gasteiger partial charge in [-0.3, -0.25) is 9.97 Å². The van der Waals surface area contributed by atoms with Crippen LogP contribution in [-0.4, -0.2) is 9.97 Å². The molecule has 86 valence electrons. The van der Waals surface area contributed by atoms with E-state index in [0.29, 0.717) is 0 Å². The molecule has 0 amide bonds. The van der Waals surface area contributed by atoms with Crippen molar-refractivity contribution < 1.29 is 0 Å². The van der Waals surface area contributed by atoms with Gasteiger partial charge in [0.1, 0.15) is 0 Å². The first-order valence-electron chi connectivity index (χ1n) is 6.01. The number of hydrogen-bond acceptors (Lipinski definition) is 2. The number of fused-ring (bicyclic) bond motifs is 3. The first-order valence-corrected chi connectivity index (χ1v) is 6.01. The van der Waals surface area contributed by atoms with Gasteiger partial charge in [-0.1, -0.05) is 0 Å². The summed E-state index contributed by atoms with van der Waals surface area (Å²) in [6, 6.07) is 2.09. The highest BCUT2D eigenvalue weighted by molar-refractivity contribution is 5.80. The molecule has 0 bridgehead atoms. The third kappa shape index (κ3) is 1.33. The molecule has 0 unspecified atom stereocenters. The van der Waals surface area contributed by atoms with E-state index in [2.05, 4.69) is 38.7 Å². The zero-order valence-electron chi connectivity index (χ0n) is 10.8. The lowest BCUT2D eigenvalue weighted by Crippen LogP contribution is -1.98. The molecule has 3 rings (SSSR count). The second-order valence-corrected chi connectivity index (χ2v) is 4.90.